The molecule has 0 aromatic carbocycles. The molecule has 0 radical (unpaired) electrons. The van der Waals surface area contributed by atoms with Crippen molar-refractivity contribution in [2.75, 3.05) is 18.0 Å². The molecule has 2 fully saturated rings. The van der Waals surface area contributed by atoms with Crippen LogP contribution in [0.5, 0.6) is 0 Å². The highest BCUT2D eigenvalue weighted by atomic mass is 32.1. The Kier molecular flexibility index (Phi) is 4.39. The molecule has 1 N–H and O–H groups in total. The molecule has 1 aliphatic heterocycles. The van der Waals surface area contributed by atoms with Crippen LogP contribution in [0, 0.1) is 0 Å². The van der Waals surface area contributed by atoms with E-state index in [0.717, 1.165) is 42.7 Å². The van der Waals surface area contributed by atoms with Crippen LogP contribution in [0.3, 0.4) is 0 Å². The Morgan fingerprint density at radius 3 is 2.81 bits per heavy atom. The zero-order valence-corrected chi connectivity index (χ0v) is 16.0. The minimum Gasteiger partial charge on any atom is -0.346 e. The molecule has 1 saturated heterocycles. The number of hydrogen-bond donors (Lipinski definition) is 1. The van der Waals surface area contributed by atoms with Crippen molar-refractivity contribution in [3.05, 3.63) is 34.3 Å². The lowest BCUT2D eigenvalue weighted by atomic mass is 9.89. The summed E-state index contributed by atoms with van der Waals surface area (Å²) in [5.74, 6) is 2.83. The number of rotatable bonds is 3. The van der Waals surface area contributed by atoms with E-state index in [1.807, 2.05) is 0 Å². The van der Waals surface area contributed by atoms with E-state index in [0.29, 0.717) is 16.8 Å². The highest BCUT2D eigenvalue weighted by molar-refractivity contribution is 7.20. The van der Waals surface area contributed by atoms with Gasteiger partial charge in [-0.25, -0.2) is 9.97 Å². The van der Waals surface area contributed by atoms with Crippen molar-refractivity contribution in [3.63, 3.8) is 0 Å². The summed E-state index contributed by atoms with van der Waals surface area (Å²) in [6.07, 6.45) is 10.1. The molecule has 1 aliphatic carbocycles. The Morgan fingerprint density at radius 1 is 1.11 bits per heavy atom. The first kappa shape index (κ1) is 16.9. The summed E-state index contributed by atoms with van der Waals surface area (Å²) in [6.45, 7) is 1.77. The molecule has 1 atom stereocenters. The van der Waals surface area contributed by atoms with Gasteiger partial charge in [0.25, 0.3) is 5.56 Å². The van der Waals surface area contributed by atoms with Gasteiger partial charge < -0.3 is 4.90 Å². The number of hydrogen-bond acceptors (Lipinski definition) is 7. The lowest BCUT2D eigenvalue weighted by molar-refractivity contribution is 0.428. The van der Waals surface area contributed by atoms with Gasteiger partial charge in [0.1, 0.15) is 5.82 Å². The van der Waals surface area contributed by atoms with Gasteiger partial charge in [-0.2, -0.15) is 9.61 Å². The van der Waals surface area contributed by atoms with E-state index in [1.54, 1.807) is 6.20 Å². The number of anilines is 1. The number of aromatic nitrogens is 6. The highest BCUT2D eigenvalue weighted by Crippen LogP contribution is 2.33. The van der Waals surface area contributed by atoms with E-state index in [-0.39, 0.29) is 5.56 Å². The number of aromatic amines is 1. The van der Waals surface area contributed by atoms with Crippen molar-refractivity contribution in [2.24, 2.45) is 0 Å². The molecule has 9 heteroatoms. The molecule has 5 rings (SSSR count). The van der Waals surface area contributed by atoms with Gasteiger partial charge in [0.2, 0.25) is 10.1 Å². The molecule has 0 amide bonds. The van der Waals surface area contributed by atoms with Gasteiger partial charge in [0.05, 0.1) is 0 Å². The van der Waals surface area contributed by atoms with E-state index in [9.17, 15) is 4.79 Å². The average Bonchev–Trinajstić information content (AvgIpc) is 3.37. The van der Waals surface area contributed by atoms with Gasteiger partial charge in [-0.15, -0.1) is 5.10 Å². The summed E-state index contributed by atoms with van der Waals surface area (Å²) in [5.41, 5.74) is -0.137. The number of H-pyrrole nitrogens is 1. The van der Waals surface area contributed by atoms with Crippen LogP contribution in [0.1, 0.15) is 68.4 Å². The minimum absolute atomic E-state index is 0.137. The summed E-state index contributed by atoms with van der Waals surface area (Å²) in [5, 5.41) is 13.1. The van der Waals surface area contributed by atoms with E-state index < -0.39 is 0 Å². The van der Waals surface area contributed by atoms with Gasteiger partial charge in [-0.05, 0) is 25.7 Å². The molecule has 8 nitrogen and oxygen atoms in total. The summed E-state index contributed by atoms with van der Waals surface area (Å²) in [4.78, 5) is 23.9. The number of piperidine rings is 1. The average molecular weight is 385 g/mol. The SMILES string of the molecule is O=c1ccnc2sc(N3CCCC(c4n[nH]c(C5CCCCC5)n4)C3)nn12. The maximum absolute atomic E-state index is 11.9. The van der Waals surface area contributed by atoms with Gasteiger partial charge in [0.15, 0.2) is 5.82 Å². The Balaban J connectivity index is 1.35. The fourth-order valence-corrected chi connectivity index (χ4v) is 5.16. The van der Waals surface area contributed by atoms with E-state index >= 15 is 0 Å². The Labute approximate surface area is 160 Å². The quantitative estimate of drug-likeness (QED) is 0.745. The predicted molar refractivity (Wildman–Crippen MR) is 104 cm³/mol. The van der Waals surface area contributed by atoms with Crippen LogP contribution >= 0.6 is 11.3 Å². The molecule has 4 heterocycles. The molecule has 1 unspecified atom stereocenters. The largest absolute Gasteiger partial charge is 0.346 e. The van der Waals surface area contributed by atoms with Crippen LogP contribution in [0.4, 0.5) is 5.13 Å². The van der Waals surface area contributed by atoms with Crippen molar-refractivity contribution < 1.29 is 0 Å². The lowest BCUT2D eigenvalue weighted by Crippen LogP contribution is -2.35. The van der Waals surface area contributed by atoms with Gasteiger partial charge in [-0.1, -0.05) is 30.6 Å². The van der Waals surface area contributed by atoms with Crippen LogP contribution in [0.2, 0.25) is 0 Å². The summed E-state index contributed by atoms with van der Waals surface area (Å²) < 4.78 is 1.39. The normalized spacial score (nSPS) is 21.8. The van der Waals surface area contributed by atoms with Crippen LogP contribution in [0.25, 0.3) is 4.96 Å². The topological polar surface area (TPSA) is 92.1 Å². The summed E-state index contributed by atoms with van der Waals surface area (Å²) >= 11 is 1.46. The van der Waals surface area contributed by atoms with E-state index in [2.05, 4.69) is 25.2 Å². The monoisotopic (exact) mass is 385 g/mol. The number of fused-ring (bicyclic) bond motifs is 1. The first-order chi connectivity index (χ1) is 13.3. The second-order valence-corrected chi connectivity index (χ2v) is 8.50. The minimum atomic E-state index is -0.137. The smallest absolute Gasteiger partial charge is 0.275 e. The number of nitrogens with one attached hydrogen (secondary N) is 1. The molecule has 3 aromatic heterocycles. The second-order valence-electron chi connectivity index (χ2n) is 7.56. The molecular weight excluding hydrogens is 362 g/mol. The fraction of sp³-hybridized carbons (Fsp3) is 0.611. The van der Waals surface area contributed by atoms with Crippen LogP contribution in [0.15, 0.2) is 17.1 Å². The van der Waals surface area contributed by atoms with Crippen LogP contribution < -0.4 is 10.5 Å². The van der Waals surface area contributed by atoms with Crippen molar-refractivity contribution in [3.8, 4) is 0 Å². The molecule has 3 aromatic rings. The van der Waals surface area contributed by atoms with E-state index in [1.165, 1.54) is 54.0 Å². The lowest BCUT2D eigenvalue weighted by Gasteiger charge is -2.30. The molecule has 0 bridgehead atoms. The van der Waals surface area contributed by atoms with Crippen LogP contribution in [-0.4, -0.2) is 42.9 Å². The van der Waals surface area contributed by atoms with Gasteiger partial charge >= 0.3 is 0 Å². The van der Waals surface area contributed by atoms with Gasteiger partial charge in [-0.3, -0.25) is 9.89 Å². The summed E-state index contributed by atoms with van der Waals surface area (Å²) in [6, 6.07) is 1.44. The molecule has 27 heavy (non-hydrogen) atoms. The first-order valence-corrected chi connectivity index (χ1v) is 10.6. The first-order valence-electron chi connectivity index (χ1n) is 9.80. The zero-order chi connectivity index (χ0) is 18.2. The van der Waals surface area contributed by atoms with Crippen molar-refractivity contribution in [2.45, 2.75) is 56.8 Å². The Morgan fingerprint density at radius 2 is 1.96 bits per heavy atom. The Bertz CT molecular complexity index is 987. The molecule has 1 saturated carbocycles. The standard InChI is InChI=1S/C18H23N7OS/c26-14-8-9-19-17-25(14)23-18(27-17)24-10-4-7-13(11-24)16-20-15(21-22-16)12-5-2-1-3-6-12/h8-9,12-13H,1-7,10-11H2,(H,20,21,22). The zero-order valence-electron chi connectivity index (χ0n) is 15.2. The third-order valence-corrected chi connectivity index (χ3v) is 6.71. The Hall–Kier alpha value is -2.29. The van der Waals surface area contributed by atoms with E-state index in [4.69, 9.17) is 4.98 Å². The fourth-order valence-electron chi connectivity index (χ4n) is 4.25. The molecule has 2 aliphatic rings. The highest BCUT2D eigenvalue weighted by Gasteiger charge is 2.28. The summed E-state index contributed by atoms with van der Waals surface area (Å²) in [7, 11) is 0. The van der Waals surface area contributed by atoms with Gasteiger partial charge in [0, 0.05) is 37.2 Å². The van der Waals surface area contributed by atoms with Crippen molar-refractivity contribution >= 4 is 21.4 Å². The van der Waals surface area contributed by atoms with Crippen molar-refractivity contribution in [1.29, 1.82) is 0 Å². The molecular formula is C18H23N7OS. The third kappa shape index (κ3) is 3.24. The molecule has 0 spiro atoms. The second kappa shape index (κ2) is 7.03. The molecule has 142 valence electrons. The predicted octanol–water partition coefficient (Wildman–Crippen LogP) is 2.70. The maximum atomic E-state index is 11.9. The van der Waals surface area contributed by atoms with Crippen molar-refractivity contribution in [1.82, 2.24) is 29.8 Å². The number of nitrogens with zero attached hydrogens (tertiary/aromatic N) is 6. The van der Waals surface area contributed by atoms with Crippen LogP contribution in [-0.2, 0) is 0 Å². The maximum Gasteiger partial charge on any atom is 0.275 e. The third-order valence-electron chi connectivity index (χ3n) is 5.73.